The third-order valence-electron chi connectivity index (χ3n) is 4.45. The normalized spacial score (nSPS) is 12.6. The van der Waals surface area contributed by atoms with E-state index in [1.54, 1.807) is 19.4 Å². The fraction of sp³-hybridized carbons (Fsp3) is 0.450. The maximum atomic E-state index is 12.3. The highest BCUT2D eigenvalue weighted by molar-refractivity contribution is 6.01. The molecule has 2 aromatic heterocycles. The van der Waals surface area contributed by atoms with Crippen LogP contribution in [0.4, 0.5) is 0 Å². The molecule has 0 bridgehead atoms. The van der Waals surface area contributed by atoms with Crippen molar-refractivity contribution in [3.05, 3.63) is 47.1 Å². The topological polar surface area (TPSA) is 84.9 Å². The lowest BCUT2D eigenvalue weighted by atomic mass is 10.1. The third-order valence-corrected chi connectivity index (χ3v) is 4.45. The van der Waals surface area contributed by atoms with Gasteiger partial charge in [-0.2, -0.15) is 10.4 Å². The van der Waals surface area contributed by atoms with E-state index in [9.17, 15) is 10.1 Å². The number of aromatic nitrogens is 3. The lowest BCUT2D eigenvalue weighted by Gasteiger charge is -2.17. The Balaban J connectivity index is 2.03. The van der Waals surface area contributed by atoms with Crippen molar-refractivity contribution >= 4 is 12.0 Å². The molecule has 0 fully saturated rings. The molecule has 0 aliphatic carbocycles. The minimum absolute atomic E-state index is 0.105. The molecule has 2 aromatic rings. The van der Waals surface area contributed by atoms with Gasteiger partial charge in [-0.3, -0.25) is 9.48 Å². The van der Waals surface area contributed by atoms with Crippen LogP contribution in [-0.4, -0.2) is 40.5 Å². The lowest BCUT2D eigenvalue weighted by Crippen LogP contribution is -2.26. The fourth-order valence-corrected chi connectivity index (χ4v) is 3.22. The van der Waals surface area contributed by atoms with Crippen molar-refractivity contribution in [1.29, 1.82) is 5.26 Å². The van der Waals surface area contributed by atoms with Crippen molar-refractivity contribution in [1.82, 2.24) is 19.7 Å². The van der Waals surface area contributed by atoms with E-state index in [0.29, 0.717) is 13.2 Å². The number of nitriles is 1. The SMILES string of the molecule is COCC(C)n1c(C)cc(/C=C(\C#N)C(=O)NCCCn2cccn2)c1C. The second-order valence-corrected chi connectivity index (χ2v) is 6.55. The van der Waals surface area contributed by atoms with Crippen molar-refractivity contribution in [2.45, 2.75) is 39.8 Å². The molecule has 7 nitrogen and oxygen atoms in total. The number of carbonyl (C=O) groups excluding carboxylic acids is 1. The van der Waals surface area contributed by atoms with Crippen molar-refractivity contribution in [2.24, 2.45) is 0 Å². The molecule has 0 aliphatic rings. The molecule has 0 saturated carbocycles. The van der Waals surface area contributed by atoms with E-state index in [4.69, 9.17) is 4.74 Å². The molecule has 1 unspecified atom stereocenters. The number of hydrogen-bond donors (Lipinski definition) is 1. The number of carbonyl (C=O) groups is 1. The molecule has 2 heterocycles. The van der Waals surface area contributed by atoms with Gasteiger partial charge in [-0.05, 0) is 51.0 Å². The van der Waals surface area contributed by atoms with Crippen LogP contribution in [0.3, 0.4) is 0 Å². The Bertz CT molecular complexity index is 827. The summed E-state index contributed by atoms with van der Waals surface area (Å²) < 4.78 is 9.21. The first-order valence-corrected chi connectivity index (χ1v) is 9.02. The molecule has 0 radical (unpaired) electrons. The van der Waals surface area contributed by atoms with E-state index in [0.717, 1.165) is 29.9 Å². The molecule has 1 amide bonds. The highest BCUT2D eigenvalue weighted by Crippen LogP contribution is 2.22. The summed E-state index contributed by atoms with van der Waals surface area (Å²) in [5.41, 5.74) is 3.06. The van der Waals surface area contributed by atoms with Gasteiger partial charge in [0.15, 0.2) is 0 Å². The van der Waals surface area contributed by atoms with Gasteiger partial charge in [-0.25, -0.2) is 0 Å². The molecule has 0 saturated heterocycles. The van der Waals surface area contributed by atoms with E-state index >= 15 is 0 Å². The summed E-state index contributed by atoms with van der Waals surface area (Å²) in [7, 11) is 1.68. The maximum Gasteiger partial charge on any atom is 0.261 e. The molecule has 144 valence electrons. The Morgan fingerprint density at radius 1 is 1.48 bits per heavy atom. The first kappa shape index (κ1) is 20.5. The van der Waals surface area contributed by atoms with Crippen molar-refractivity contribution in [3.8, 4) is 6.07 Å². The number of nitrogens with one attached hydrogen (secondary N) is 1. The average molecular weight is 369 g/mol. The van der Waals surface area contributed by atoms with Crippen LogP contribution in [0.15, 0.2) is 30.1 Å². The van der Waals surface area contributed by atoms with E-state index in [-0.39, 0.29) is 17.5 Å². The summed E-state index contributed by atoms with van der Waals surface area (Å²) in [4.78, 5) is 12.3. The number of rotatable bonds is 9. The van der Waals surface area contributed by atoms with Gasteiger partial charge in [-0.1, -0.05) is 0 Å². The minimum atomic E-state index is -0.354. The highest BCUT2D eigenvalue weighted by Gasteiger charge is 2.15. The van der Waals surface area contributed by atoms with Crippen LogP contribution in [0, 0.1) is 25.2 Å². The average Bonchev–Trinajstić information content (AvgIpc) is 3.24. The summed E-state index contributed by atoms with van der Waals surface area (Å²) in [5.74, 6) is -0.354. The molecule has 0 aromatic carbocycles. The van der Waals surface area contributed by atoms with Gasteiger partial charge in [0.05, 0.1) is 12.6 Å². The lowest BCUT2D eigenvalue weighted by molar-refractivity contribution is -0.117. The Morgan fingerprint density at radius 2 is 2.26 bits per heavy atom. The van der Waals surface area contributed by atoms with Crippen LogP contribution >= 0.6 is 0 Å². The molecule has 1 N–H and O–H groups in total. The molecule has 2 rings (SSSR count). The van der Waals surface area contributed by atoms with E-state index in [2.05, 4.69) is 21.9 Å². The first-order chi connectivity index (χ1) is 13.0. The molecule has 7 heteroatoms. The summed E-state index contributed by atoms with van der Waals surface area (Å²) in [5, 5.41) is 16.3. The molecule has 0 aliphatic heterocycles. The van der Waals surface area contributed by atoms with Crippen LogP contribution in [0.25, 0.3) is 6.08 Å². The van der Waals surface area contributed by atoms with Gasteiger partial charge < -0.3 is 14.6 Å². The first-order valence-electron chi connectivity index (χ1n) is 9.02. The standard InChI is InChI=1S/C20H27N5O2/c1-15-11-18(17(3)25(15)16(2)14-27-4)12-19(13-21)20(26)22-7-5-9-24-10-6-8-23-24/h6,8,10-12,16H,5,7,9,14H2,1-4H3,(H,22,26)/b19-12+. The van der Waals surface area contributed by atoms with Crippen molar-refractivity contribution in [3.63, 3.8) is 0 Å². The number of hydrogen-bond acceptors (Lipinski definition) is 4. The number of nitrogens with zero attached hydrogens (tertiary/aromatic N) is 4. The van der Waals surface area contributed by atoms with Crippen molar-refractivity contribution < 1.29 is 9.53 Å². The Labute approximate surface area is 160 Å². The molecule has 0 spiro atoms. The van der Waals surface area contributed by atoms with Crippen LogP contribution in [-0.2, 0) is 16.1 Å². The van der Waals surface area contributed by atoms with E-state index < -0.39 is 0 Å². The minimum Gasteiger partial charge on any atom is -0.383 e. The monoisotopic (exact) mass is 369 g/mol. The van der Waals surface area contributed by atoms with E-state index in [1.807, 2.05) is 42.9 Å². The zero-order valence-electron chi connectivity index (χ0n) is 16.4. The number of ether oxygens (including phenoxy) is 1. The molecular weight excluding hydrogens is 342 g/mol. The Kier molecular flexibility index (Phi) is 7.38. The van der Waals surface area contributed by atoms with Gasteiger partial charge in [0.1, 0.15) is 11.6 Å². The molecule has 27 heavy (non-hydrogen) atoms. The highest BCUT2D eigenvalue weighted by atomic mass is 16.5. The van der Waals surface area contributed by atoms with Crippen LogP contribution < -0.4 is 5.32 Å². The number of aryl methyl sites for hydroxylation is 2. The largest absolute Gasteiger partial charge is 0.383 e. The van der Waals surface area contributed by atoms with Gasteiger partial charge >= 0.3 is 0 Å². The predicted molar refractivity (Wildman–Crippen MR) is 104 cm³/mol. The summed E-state index contributed by atoms with van der Waals surface area (Å²) in [6.07, 6.45) is 6.00. The second kappa shape index (κ2) is 9.74. The summed E-state index contributed by atoms with van der Waals surface area (Å²) >= 11 is 0. The Morgan fingerprint density at radius 3 is 2.89 bits per heavy atom. The summed E-state index contributed by atoms with van der Waals surface area (Å²) in [6.45, 7) is 7.88. The second-order valence-electron chi connectivity index (χ2n) is 6.55. The zero-order valence-corrected chi connectivity index (χ0v) is 16.4. The van der Waals surface area contributed by atoms with Crippen LogP contribution in [0.1, 0.15) is 36.3 Å². The zero-order chi connectivity index (χ0) is 19.8. The van der Waals surface area contributed by atoms with E-state index in [1.165, 1.54) is 0 Å². The van der Waals surface area contributed by atoms with Gasteiger partial charge in [0.25, 0.3) is 5.91 Å². The number of methoxy groups -OCH3 is 1. The molecular formula is C20H27N5O2. The molecule has 1 atom stereocenters. The van der Waals surface area contributed by atoms with Gasteiger partial charge in [0, 0.05) is 44.0 Å². The number of amides is 1. The summed E-state index contributed by atoms with van der Waals surface area (Å²) in [6, 6.07) is 6.04. The maximum absolute atomic E-state index is 12.3. The third kappa shape index (κ3) is 5.31. The van der Waals surface area contributed by atoms with Gasteiger partial charge in [0.2, 0.25) is 0 Å². The smallest absolute Gasteiger partial charge is 0.261 e. The fourth-order valence-electron chi connectivity index (χ4n) is 3.22. The Hall–Kier alpha value is -2.85. The van der Waals surface area contributed by atoms with Crippen molar-refractivity contribution in [2.75, 3.05) is 20.3 Å². The van der Waals surface area contributed by atoms with Crippen LogP contribution in [0.5, 0.6) is 0 Å². The van der Waals surface area contributed by atoms with Crippen LogP contribution in [0.2, 0.25) is 0 Å². The predicted octanol–water partition coefficient (Wildman–Crippen LogP) is 2.62. The quantitative estimate of drug-likeness (QED) is 0.418. The van der Waals surface area contributed by atoms with Gasteiger partial charge in [-0.15, -0.1) is 0 Å².